The third-order valence-electron chi connectivity index (χ3n) is 2.86. The lowest BCUT2D eigenvalue weighted by atomic mass is 10.3. The van der Waals surface area contributed by atoms with Gasteiger partial charge in [0.25, 0.3) is 0 Å². The number of urea groups is 1. The normalized spacial score (nSPS) is 19.3. The number of carbonyl (C=O) groups excluding carboxylic acids is 1. The highest BCUT2D eigenvalue weighted by Gasteiger charge is 2.23. The van der Waals surface area contributed by atoms with Crippen LogP contribution in [0.3, 0.4) is 0 Å². The average Bonchev–Trinajstić information content (AvgIpc) is 2.43. The lowest BCUT2D eigenvalue weighted by molar-refractivity contribution is -0.00660. The first-order valence-electron chi connectivity index (χ1n) is 5.93. The summed E-state index contributed by atoms with van der Waals surface area (Å²) in [7, 11) is 0. The maximum absolute atomic E-state index is 12.1. The summed E-state index contributed by atoms with van der Waals surface area (Å²) in [6.07, 6.45) is -0.103. The molecule has 0 aliphatic carbocycles. The molecule has 1 aromatic rings. The number of halogens is 2. The minimum atomic E-state index is -0.194. The van der Waals surface area contributed by atoms with Gasteiger partial charge in [0.15, 0.2) is 0 Å². The summed E-state index contributed by atoms with van der Waals surface area (Å²) in [6.45, 7) is 1.93. The molecule has 2 amide bonds. The minimum absolute atomic E-state index is 0.103. The van der Waals surface area contributed by atoms with E-state index in [9.17, 15) is 4.79 Å². The first-order chi connectivity index (χ1) is 9.10. The van der Waals surface area contributed by atoms with Gasteiger partial charge in [0, 0.05) is 25.3 Å². The predicted octanol–water partition coefficient (Wildman–Crippen LogP) is 2.18. The van der Waals surface area contributed by atoms with Gasteiger partial charge in [-0.1, -0.05) is 23.2 Å². The van der Waals surface area contributed by atoms with E-state index in [4.69, 9.17) is 33.7 Å². The highest BCUT2D eigenvalue weighted by molar-refractivity contribution is 6.42. The van der Waals surface area contributed by atoms with E-state index in [2.05, 4.69) is 5.32 Å². The van der Waals surface area contributed by atoms with Crippen LogP contribution in [0.25, 0.3) is 0 Å². The maximum Gasteiger partial charge on any atom is 0.322 e. The monoisotopic (exact) mass is 303 g/mol. The summed E-state index contributed by atoms with van der Waals surface area (Å²) >= 11 is 11.7. The Labute approximate surface area is 121 Å². The molecule has 1 aliphatic rings. The zero-order chi connectivity index (χ0) is 13.8. The molecular weight excluding hydrogens is 289 g/mol. The van der Waals surface area contributed by atoms with E-state index in [0.29, 0.717) is 42.0 Å². The van der Waals surface area contributed by atoms with Crippen LogP contribution in [-0.2, 0) is 4.74 Å². The molecule has 0 bridgehead atoms. The molecule has 7 heteroatoms. The molecule has 104 valence electrons. The highest BCUT2D eigenvalue weighted by Crippen LogP contribution is 2.25. The largest absolute Gasteiger partial charge is 0.373 e. The van der Waals surface area contributed by atoms with Crippen LogP contribution in [0.15, 0.2) is 18.2 Å². The molecule has 1 unspecified atom stereocenters. The van der Waals surface area contributed by atoms with Crippen molar-refractivity contribution < 1.29 is 9.53 Å². The average molecular weight is 304 g/mol. The van der Waals surface area contributed by atoms with Crippen molar-refractivity contribution in [1.29, 1.82) is 0 Å². The highest BCUT2D eigenvalue weighted by atomic mass is 35.5. The summed E-state index contributed by atoms with van der Waals surface area (Å²) < 4.78 is 5.41. The fraction of sp³-hybridized carbons (Fsp3) is 0.417. The van der Waals surface area contributed by atoms with E-state index >= 15 is 0 Å². The number of amides is 2. The van der Waals surface area contributed by atoms with Crippen molar-refractivity contribution in [3.05, 3.63) is 28.2 Å². The molecule has 19 heavy (non-hydrogen) atoms. The SMILES string of the molecule is NCC1CN(C(=O)Nc2ccc(Cl)c(Cl)c2)CCO1. The molecule has 1 aromatic carbocycles. The number of hydrogen-bond acceptors (Lipinski definition) is 3. The Morgan fingerprint density at radius 1 is 1.47 bits per heavy atom. The number of carbonyl (C=O) groups is 1. The van der Waals surface area contributed by atoms with Crippen LogP contribution in [0.1, 0.15) is 0 Å². The molecule has 1 fully saturated rings. The van der Waals surface area contributed by atoms with Crippen molar-refractivity contribution in [3.8, 4) is 0 Å². The lowest BCUT2D eigenvalue weighted by Gasteiger charge is -2.32. The third kappa shape index (κ3) is 3.73. The standard InChI is InChI=1S/C12H15Cl2N3O2/c13-10-2-1-8(5-11(10)14)16-12(18)17-3-4-19-9(6-15)7-17/h1-2,5,9H,3-4,6-7,15H2,(H,16,18). The first kappa shape index (κ1) is 14.4. The van der Waals surface area contributed by atoms with Crippen molar-refractivity contribution in [2.24, 2.45) is 5.73 Å². The van der Waals surface area contributed by atoms with Crippen molar-refractivity contribution in [1.82, 2.24) is 4.90 Å². The summed E-state index contributed by atoms with van der Waals surface area (Å²) in [5.74, 6) is 0. The number of hydrogen-bond donors (Lipinski definition) is 2. The fourth-order valence-corrected chi connectivity index (χ4v) is 2.12. The number of morpholine rings is 1. The minimum Gasteiger partial charge on any atom is -0.373 e. The molecule has 1 atom stereocenters. The summed E-state index contributed by atoms with van der Waals surface area (Å²) in [5.41, 5.74) is 6.15. The van der Waals surface area contributed by atoms with Crippen LogP contribution < -0.4 is 11.1 Å². The Hall–Kier alpha value is -1.01. The van der Waals surface area contributed by atoms with E-state index in [1.165, 1.54) is 0 Å². The van der Waals surface area contributed by atoms with Crippen LogP contribution in [0, 0.1) is 0 Å². The van der Waals surface area contributed by atoms with Gasteiger partial charge < -0.3 is 20.7 Å². The van der Waals surface area contributed by atoms with Gasteiger partial charge >= 0.3 is 6.03 Å². The Balaban J connectivity index is 1.98. The third-order valence-corrected chi connectivity index (χ3v) is 3.60. The van der Waals surface area contributed by atoms with E-state index in [1.54, 1.807) is 23.1 Å². The second-order valence-electron chi connectivity index (χ2n) is 4.23. The van der Waals surface area contributed by atoms with Crippen LogP contribution in [0.2, 0.25) is 10.0 Å². The van der Waals surface area contributed by atoms with Gasteiger partial charge in [-0.2, -0.15) is 0 Å². The lowest BCUT2D eigenvalue weighted by Crippen LogP contribution is -2.49. The summed E-state index contributed by atoms with van der Waals surface area (Å²) in [5, 5.41) is 3.63. The molecule has 0 saturated carbocycles. The Morgan fingerprint density at radius 3 is 2.95 bits per heavy atom. The summed E-state index contributed by atoms with van der Waals surface area (Å²) in [4.78, 5) is 13.7. The second kappa shape index (κ2) is 6.43. The van der Waals surface area contributed by atoms with Crippen LogP contribution in [-0.4, -0.2) is 43.3 Å². The van der Waals surface area contributed by atoms with Crippen molar-refractivity contribution in [2.45, 2.75) is 6.10 Å². The van der Waals surface area contributed by atoms with Gasteiger partial charge in [0.05, 0.1) is 22.8 Å². The molecule has 1 heterocycles. The van der Waals surface area contributed by atoms with Gasteiger partial charge in [0.1, 0.15) is 0 Å². The number of nitrogens with one attached hydrogen (secondary N) is 1. The molecule has 0 radical (unpaired) electrons. The first-order valence-corrected chi connectivity index (χ1v) is 6.68. The smallest absolute Gasteiger partial charge is 0.322 e. The van der Waals surface area contributed by atoms with Crippen molar-refractivity contribution in [3.63, 3.8) is 0 Å². The zero-order valence-corrected chi connectivity index (χ0v) is 11.7. The van der Waals surface area contributed by atoms with Crippen molar-refractivity contribution >= 4 is 34.9 Å². The number of ether oxygens (including phenoxy) is 1. The van der Waals surface area contributed by atoms with Gasteiger partial charge in [-0.15, -0.1) is 0 Å². The van der Waals surface area contributed by atoms with Crippen LogP contribution >= 0.6 is 23.2 Å². The number of anilines is 1. The molecule has 0 spiro atoms. The molecule has 5 nitrogen and oxygen atoms in total. The number of benzene rings is 1. The molecule has 2 rings (SSSR count). The number of rotatable bonds is 2. The topological polar surface area (TPSA) is 67.6 Å². The van der Waals surface area contributed by atoms with Crippen LogP contribution in [0.4, 0.5) is 10.5 Å². The Morgan fingerprint density at radius 2 is 2.26 bits per heavy atom. The van der Waals surface area contributed by atoms with E-state index in [0.717, 1.165) is 0 Å². The molecule has 3 N–H and O–H groups in total. The van der Waals surface area contributed by atoms with Gasteiger partial charge in [0.2, 0.25) is 0 Å². The Bertz CT molecular complexity index is 470. The van der Waals surface area contributed by atoms with Crippen LogP contribution in [0.5, 0.6) is 0 Å². The van der Waals surface area contributed by atoms with E-state index in [-0.39, 0.29) is 12.1 Å². The number of nitrogens with two attached hydrogens (primary N) is 1. The fourth-order valence-electron chi connectivity index (χ4n) is 1.82. The van der Waals surface area contributed by atoms with E-state index in [1.807, 2.05) is 0 Å². The molecule has 0 aromatic heterocycles. The maximum atomic E-state index is 12.1. The predicted molar refractivity (Wildman–Crippen MR) is 75.8 cm³/mol. The van der Waals surface area contributed by atoms with Crippen molar-refractivity contribution in [2.75, 3.05) is 31.6 Å². The zero-order valence-electron chi connectivity index (χ0n) is 10.2. The number of nitrogens with zero attached hydrogens (tertiary/aromatic N) is 1. The van der Waals surface area contributed by atoms with E-state index < -0.39 is 0 Å². The summed E-state index contributed by atoms with van der Waals surface area (Å²) in [6, 6.07) is 4.76. The Kier molecular flexibility index (Phi) is 4.87. The quantitative estimate of drug-likeness (QED) is 0.880. The van der Waals surface area contributed by atoms with Gasteiger partial charge in [-0.05, 0) is 18.2 Å². The molecular formula is C12H15Cl2N3O2. The molecule has 1 aliphatic heterocycles. The second-order valence-corrected chi connectivity index (χ2v) is 5.05. The molecule has 1 saturated heterocycles. The van der Waals surface area contributed by atoms with Gasteiger partial charge in [-0.3, -0.25) is 0 Å². The van der Waals surface area contributed by atoms with Gasteiger partial charge in [-0.25, -0.2) is 4.79 Å².